The zero-order chi connectivity index (χ0) is 30.7. The smallest absolute Gasteiger partial charge is 0.326 e. The van der Waals surface area contributed by atoms with E-state index in [2.05, 4.69) is 16.0 Å². The molecule has 43 heavy (non-hydrogen) atoms. The van der Waals surface area contributed by atoms with Crippen LogP contribution in [0, 0.1) is 5.92 Å². The van der Waals surface area contributed by atoms with E-state index in [4.69, 9.17) is 0 Å². The first-order valence-corrected chi connectivity index (χ1v) is 14.6. The van der Waals surface area contributed by atoms with Gasteiger partial charge < -0.3 is 15.7 Å². The fourth-order valence-electron chi connectivity index (χ4n) is 5.35. The molecule has 0 saturated carbocycles. The first-order valence-electron chi connectivity index (χ1n) is 14.6. The van der Waals surface area contributed by atoms with Gasteiger partial charge in [0.05, 0.1) is 12.1 Å². The molecule has 0 aliphatic carbocycles. The van der Waals surface area contributed by atoms with Gasteiger partial charge in [0.2, 0.25) is 11.8 Å². The van der Waals surface area contributed by atoms with E-state index in [1.807, 2.05) is 135 Å². The zero-order valence-corrected chi connectivity index (χ0v) is 24.6. The molecule has 4 aromatic rings. The number of carboxylic acid groups (broad SMARTS) is 1. The fourth-order valence-corrected chi connectivity index (χ4v) is 5.35. The highest BCUT2D eigenvalue weighted by molar-refractivity contribution is 5.91. The topological polar surface area (TPSA) is 108 Å². The molecular formula is C36H39N3O4. The van der Waals surface area contributed by atoms with Crippen LogP contribution >= 0.6 is 0 Å². The third kappa shape index (κ3) is 8.17. The number of rotatable bonds is 14. The minimum Gasteiger partial charge on any atom is -0.480 e. The maximum absolute atomic E-state index is 13.6. The highest BCUT2D eigenvalue weighted by Gasteiger charge is 2.37. The van der Waals surface area contributed by atoms with Crippen molar-refractivity contribution >= 4 is 17.8 Å². The highest BCUT2D eigenvalue weighted by atomic mass is 16.4. The number of hydrogen-bond acceptors (Lipinski definition) is 4. The van der Waals surface area contributed by atoms with Crippen molar-refractivity contribution in [2.24, 2.45) is 5.92 Å². The van der Waals surface area contributed by atoms with E-state index >= 15 is 0 Å². The van der Waals surface area contributed by atoms with Crippen molar-refractivity contribution in [2.45, 2.75) is 44.3 Å². The van der Waals surface area contributed by atoms with Crippen LogP contribution in [-0.2, 0) is 26.3 Å². The summed E-state index contributed by atoms with van der Waals surface area (Å²) in [6.45, 7) is 3.69. The van der Waals surface area contributed by atoms with Gasteiger partial charge in [-0.25, -0.2) is 4.79 Å². The van der Waals surface area contributed by atoms with Crippen LogP contribution in [0.5, 0.6) is 0 Å². The van der Waals surface area contributed by atoms with Crippen molar-refractivity contribution < 1.29 is 19.5 Å². The summed E-state index contributed by atoms with van der Waals surface area (Å²) in [7, 11) is 0. The summed E-state index contributed by atoms with van der Waals surface area (Å²) in [5, 5.41) is 18.8. The van der Waals surface area contributed by atoms with Gasteiger partial charge in [-0.3, -0.25) is 14.9 Å². The Labute approximate surface area is 253 Å². The Kier molecular flexibility index (Phi) is 10.8. The van der Waals surface area contributed by atoms with Crippen LogP contribution < -0.4 is 16.0 Å². The van der Waals surface area contributed by atoms with Crippen LogP contribution in [0.1, 0.15) is 42.5 Å². The molecule has 0 spiro atoms. The second kappa shape index (κ2) is 14.9. The summed E-state index contributed by atoms with van der Waals surface area (Å²) < 4.78 is 0. The maximum atomic E-state index is 13.6. The molecule has 0 radical (unpaired) electrons. The Balaban J connectivity index is 1.62. The molecule has 7 heteroatoms. The summed E-state index contributed by atoms with van der Waals surface area (Å²) in [6.07, 6.45) is 0.496. The number of aliphatic carboxylic acids is 1. The molecule has 222 valence electrons. The quantitative estimate of drug-likeness (QED) is 0.159. The van der Waals surface area contributed by atoms with Gasteiger partial charge in [-0.15, -0.1) is 0 Å². The van der Waals surface area contributed by atoms with Crippen molar-refractivity contribution in [3.05, 3.63) is 144 Å². The van der Waals surface area contributed by atoms with Crippen molar-refractivity contribution in [3.8, 4) is 0 Å². The lowest BCUT2D eigenvalue weighted by atomic mass is 9.77. The minimum absolute atomic E-state index is 0.0647. The molecule has 0 aliphatic rings. The van der Waals surface area contributed by atoms with E-state index in [1.54, 1.807) is 0 Å². The maximum Gasteiger partial charge on any atom is 0.326 e. The molecule has 2 amide bonds. The predicted octanol–water partition coefficient (Wildman–Crippen LogP) is 4.91. The van der Waals surface area contributed by atoms with Crippen molar-refractivity contribution in [2.75, 3.05) is 6.54 Å². The van der Waals surface area contributed by atoms with Crippen molar-refractivity contribution in [1.29, 1.82) is 0 Å². The fraction of sp³-hybridized carbons (Fsp3) is 0.250. The van der Waals surface area contributed by atoms with Gasteiger partial charge in [-0.1, -0.05) is 135 Å². The molecule has 7 nitrogen and oxygen atoms in total. The van der Waals surface area contributed by atoms with Crippen LogP contribution in [0.4, 0.5) is 0 Å². The normalized spacial score (nSPS) is 12.7. The van der Waals surface area contributed by atoms with Crippen molar-refractivity contribution in [3.63, 3.8) is 0 Å². The van der Waals surface area contributed by atoms with Gasteiger partial charge in [0, 0.05) is 6.42 Å². The van der Waals surface area contributed by atoms with E-state index in [0.717, 1.165) is 22.3 Å². The molecule has 0 heterocycles. The SMILES string of the molecule is CC(C)CC(NC(=O)C(Cc1ccccc1)NC(=O)CNC(c1ccccc1)(c1ccccc1)c1ccccc1)C(=O)O. The summed E-state index contributed by atoms with van der Waals surface area (Å²) in [5.74, 6) is -1.97. The number of hydrogen-bond donors (Lipinski definition) is 4. The molecule has 2 unspecified atom stereocenters. The Morgan fingerprint density at radius 1 is 0.651 bits per heavy atom. The van der Waals surface area contributed by atoms with Crippen LogP contribution in [0.15, 0.2) is 121 Å². The van der Waals surface area contributed by atoms with Crippen LogP contribution in [0.25, 0.3) is 0 Å². The number of amides is 2. The molecule has 0 fully saturated rings. The zero-order valence-electron chi connectivity index (χ0n) is 24.6. The minimum atomic E-state index is -1.10. The van der Waals surface area contributed by atoms with Crippen LogP contribution in [0.3, 0.4) is 0 Å². The average molecular weight is 578 g/mol. The van der Waals surface area contributed by atoms with E-state index in [-0.39, 0.29) is 31.2 Å². The second-order valence-electron chi connectivity index (χ2n) is 11.0. The lowest BCUT2D eigenvalue weighted by Gasteiger charge is -2.37. The lowest BCUT2D eigenvalue weighted by molar-refractivity contribution is -0.142. The first-order chi connectivity index (χ1) is 20.8. The molecular weight excluding hydrogens is 538 g/mol. The van der Waals surface area contributed by atoms with Crippen molar-refractivity contribution in [1.82, 2.24) is 16.0 Å². The van der Waals surface area contributed by atoms with Gasteiger partial charge in [0.1, 0.15) is 12.1 Å². The van der Waals surface area contributed by atoms with E-state index in [1.165, 1.54) is 0 Å². The third-order valence-corrected chi connectivity index (χ3v) is 7.39. The van der Waals surface area contributed by atoms with Gasteiger partial charge in [0.25, 0.3) is 0 Å². The summed E-state index contributed by atoms with van der Waals surface area (Å²) >= 11 is 0. The average Bonchev–Trinajstić information content (AvgIpc) is 3.02. The lowest BCUT2D eigenvalue weighted by Crippen LogP contribution is -2.55. The summed E-state index contributed by atoms with van der Waals surface area (Å²) in [5.41, 5.74) is 2.85. The number of nitrogens with one attached hydrogen (secondary N) is 3. The Morgan fingerprint density at radius 3 is 1.51 bits per heavy atom. The Hall–Kier alpha value is -4.75. The van der Waals surface area contributed by atoms with Gasteiger partial charge >= 0.3 is 5.97 Å². The summed E-state index contributed by atoms with van der Waals surface area (Å²) in [4.78, 5) is 38.9. The van der Waals surface area contributed by atoms with E-state index < -0.39 is 29.5 Å². The monoisotopic (exact) mass is 577 g/mol. The summed E-state index contributed by atoms with van der Waals surface area (Å²) in [6, 6.07) is 37.1. The standard InChI is InChI=1S/C36H39N3O4/c1-26(2)23-32(35(42)43)39-34(41)31(24-27-15-7-3-8-16-27)38-33(40)25-37-36(28-17-9-4-10-18-28,29-19-11-5-12-20-29)30-21-13-6-14-22-30/h3-22,26,31-32,37H,23-25H2,1-2H3,(H,38,40)(H,39,41)(H,42,43). The van der Waals surface area contributed by atoms with Gasteiger partial charge in [-0.2, -0.15) is 0 Å². The van der Waals surface area contributed by atoms with E-state index in [9.17, 15) is 19.5 Å². The molecule has 4 N–H and O–H groups in total. The highest BCUT2D eigenvalue weighted by Crippen LogP contribution is 2.36. The molecule has 0 aromatic heterocycles. The molecule has 0 saturated heterocycles. The van der Waals surface area contributed by atoms with Crippen LogP contribution in [0.2, 0.25) is 0 Å². The largest absolute Gasteiger partial charge is 0.480 e. The molecule has 4 aromatic carbocycles. The Morgan fingerprint density at radius 2 is 1.09 bits per heavy atom. The molecule has 4 rings (SSSR count). The Bertz CT molecular complexity index is 1370. The van der Waals surface area contributed by atoms with E-state index in [0.29, 0.717) is 0 Å². The molecule has 2 atom stereocenters. The molecule has 0 bridgehead atoms. The third-order valence-electron chi connectivity index (χ3n) is 7.39. The first kappa shape index (κ1) is 31.2. The van der Waals surface area contributed by atoms with Gasteiger partial charge in [0.15, 0.2) is 0 Å². The number of benzene rings is 4. The predicted molar refractivity (Wildman–Crippen MR) is 168 cm³/mol. The van der Waals surface area contributed by atoms with Crippen LogP contribution in [-0.4, -0.2) is 41.5 Å². The second-order valence-corrected chi connectivity index (χ2v) is 11.0. The number of carboxylic acids is 1. The molecule has 0 aliphatic heterocycles. The van der Waals surface area contributed by atoms with Gasteiger partial charge in [-0.05, 0) is 34.6 Å². The number of carbonyl (C=O) groups excluding carboxylic acids is 2. The number of carbonyl (C=O) groups is 3.